The van der Waals surface area contributed by atoms with Crippen LogP contribution in [0.2, 0.25) is 0 Å². The largest absolute Gasteiger partial charge is 0.464 e. The van der Waals surface area contributed by atoms with Crippen molar-refractivity contribution in [2.45, 2.75) is 22.3 Å². The molecule has 2 heterocycles. The molecule has 1 saturated heterocycles. The fraction of sp³-hybridized carbons (Fsp3) is 0.600. The Labute approximate surface area is 120 Å². The fourth-order valence-electron chi connectivity index (χ4n) is 1.73. The van der Waals surface area contributed by atoms with E-state index in [1.807, 2.05) is 0 Å². The molecule has 19 heavy (non-hydrogen) atoms. The topological polar surface area (TPSA) is 85.4 Å². The number of nitrogens with one attached hydrogen (secondary N) is 1. The zero-order valence-electron chi connectivity index (χ0n) is 10.3. The third-order valence-corrected chi connectivity index (χ3v) is 6.87. The fourth-order valence-corrected chi connectivity index (χ4v) is 5.30. The third-order valence-electron chi connectivity index (χ3n) is 2.68. The van der Waals surface area contributed by atoms with Crippen LogP contribution in [-0.4, -0.2) is 44.0 Å². The summed E-state index contributed by atoms with van der Waals surface area (Å²) in [6, 6.07) is 0. The van der Waals surface area contributed by atoms with E-state index in [9.17, 15) is 13.2 Å². The van der Waals surface area contributed by atoms with Crippen LogP contribution in [0.5, 0.6) is 0 Å². The molecule has 1 atom stereocenters. The van der Waals surface area contributed by atoms with Crippen LogP contribution >= 0.6 is 23.1 Å². The van der Waals surface area contributed by atoms with Gasteiger partial charge < -0.3 is 4.74 Å². The Hall–Kier alpha value is -0.640. The summed E-state index contributed by atoms with van der Waals surface area (Å²) < 4.78 is 31.2. The molecule has 1 aromatic rings. The highest BCUT2D eigenvalue weighted by atomic mass is 32.2. The number of ether oxygens (including phenoxy) is 1. The standard InChI is InChI=1S/C10H14N2O4S3/c1-16-9(13)8-10(18-6-11-8)19(14,15)12-5-7-3-2-4-17-7/h6-7,12H,2-5H2,1H3. The zero-order valence-corrected chi connectivity index (χ0v) is 12.7. The van der Waals surface area contributed by atoms with E-state index in [4.69, 9.17) is 0 Å². The summed E-state index contributed by atoms with van der Waals surface area (Å²) in [4.78, 5) is 15.2. The molecular formula is C10H14N2O4S3. The quantitative estimate of drug-likeness (QED) is 0.817. The van der Waals surface area contributed by atoms with Crippen molar-refractivity contribution in [1.82, 2.24) is 9.71 Å². The first-order chi connectivity index (χ1) is 9.04. The van der Waals surface area contributed by atoms with Crippen molar-refractivity contribution in [3.05, 3.63) is 11.2 Å². The first-order valence-corrected chi connectivity index (χ1v) is 9.09. The van der Waals surface area contributed by atoms with Crippen LogP contribution in [0.4, 0.5) is 0 Å². The third kappa shape index (κ3) is 3.47. The van der Waals surface area contributed by atoms with Gasteiger partial charge in [-0.3, -0.25) is 0 Å². The molecule has 1 aromatic heterocycles. The molecule has 106 valence electrons. The lowest BCUT2D eigenvalue weighted by atomic mass is 10.2. The van der Waals surface area contributed by atoms with Gasteiger partial charge in [-0.05, 0) is 18.6 Å². The van der Waals surface area contributed by atoms with Crippen molar-refractivity contribution in [1.29, 1.82) is 0 Å². The van der Waals surface area contributed by atoms with Crippen LogP contribution in [0.25, 0.3) is 0 Å². The molecular weight excluding hydrogens is 308 g/mol. The Bertz CT molecular complexity index is 549. The number of esters is 1. The van der Waals surface area contributed by atoms with Crippen LogP contribution in [0, 0.1) is 0 Å². The van der Waals surface area contributed by atoms with Crippen LogP contribution < -0.4 is 4.72 Å². The molecule has 0 aliphatic carbocycles. The lowest BCUT2D eigenvalue weighted by Crippen LogP contribution is -2.30. The smallest absolute Gasteiger partial charge is 0.358 e. The van der Waals surface area contributed by atoms with Gasteiger partial charge in [-0.1, -0.05) is 0 Å². The normalized spacial score (nSPS) is 19.5. The molecule has 1 aliphatic heterocycles. The summed E-state index contributed by atoms with van der Waals surface area (Å²) in [6.45, 7) is 0.380. The maximum atomic E-state index is 12.1. The van der Waals surface area contributed by atoms with Crippen LogP contribution in [0.15, 0.2) is 9.72 Å². The maximum Gasteiger partial charge on any atom is 0.358 e. The predicted molar refractivity (Wildman–Crippen MR) is 74.1 cm³/mol. The van der Waals surface area contributed by atoms with Crippen molar-refractivity contribution in [3.63, 3.8) is 0 Å². The van der Waals surface area contributed by atoms with Crippen molar-refractivity contribution < 1.29 is 17.9 Å². The van der Waals surface area contributed by atoms with Gasteiger partial charge in [-0.15, -0.1) is 11.3 Å². The number of thioether (sulfide) groups is 1. The Kier molecular flexibility index (Phi) is 4.82. The summed E-state index contributed by atoms with van der Waals surface area (Å²) in [5.74, 6) is 0.331. The number of hydrogen-bond donors (Lipinski definition) is 1. The number of methoxy groups -OCH3 is 1. The molecule has 0 bridgehead atoms. The van der Waals surface area contributed by atoms with Crippen LogP contribution in [-0.2, 0) is 14.8 Å². The Morgan fingerprint density at radius 1 is 1.63 bits per heavy atom. The minimum absolute atomic E-state index is 0.0812. The molecule has 0 saturated carbocycles. The Morgan fingerprint density at radius 2 is 2.42 bits per heavy atom. The highest BCUT2D eigenvalue weighted by Crippen LogP contribution is 2.26. The van der Waals surface area contributed by atoms with E-state index in [0.717, 1.165) is 29.9 Å². The highest BCUT2D eigenvalue weighted by molar-refractivity contribution is 8.00. The molecule has 9 heteroatoms. The number of hydrogen-bond acceptors (Lipinski definition) is 7. The molecule has 1 unspecified atom stereocenters. The van der Waals surface area contributed by atoms with Crippen molar-refractivity contribution >= 4 is 39.1 Å². The molecule has 1 N–H and O–H groups in total. The molecule has 1 aliphatic rings. The van der Waals surface area contributed by atoms with Crippen LogP contribution in [0.3, 0.4) is 0 Å². The number of thiazole rings is 1. The minimum Gasteiger partial charge on any atom is -0.464 e. The molecule has 0 radical (unpaired) electrons. The van der Waals surface area contributed by atoms with Gasteiger partial charge in [-0.25, -0.2) is 22.9 Å². The van der Waals surface area contributed by atoms with Crippen molar-refractivity contribution in [3.8, 4) is 0 Å². The van der Waals surface area contributed by atoms with Gasteiger partial charge in [0, 0.05) is 11.8 Å². The lowest BCUT2D eigenvalue weighted by Gasteiger charge is -2.10. The second-order valence-electron chi connectivity index (χ2n) is 3.97. The van der Waals surface area contributed by atoms with E-state index in [-0.39, 0.29) is 9.90 Å². The Morgan fingerprint density at radius 3 is 3.05 bits per heavy atom. The van der Waals surface area contributed by atoms with E-state index < -0.39 is 16.0 Å². The summed E-state index contributed by atoms with van der Waals surface area (Å²) in [5, 5.41) is 0.310. The summed E-state index contributed by atoms with van der Waals surface area (Å²) in [5.41, 5.74) is 1.17. The predicted octanol–water partition coefficient (Wildman–Crippen LogP) is 1.10. The average Bonchev–Trinajstić information content (AvgIpc) is 3.06. The monoisotopic (exact) mass is 322 g/mol. The maximum absolute atomic E-state index is 12.1. The van der Waals surface area contributed by atoms with E-state index >= 15 is 0 Å². The highest BCUT2D eigenvalue weighted by Gasteiger charge is 2.27. The second-order valence-corrected chi connectivity index (χ2v) is 8.19. The number of nitrogens with zero attached hydrogens (tertiary/aromatic N) is 1. The van der Waals surface area contributed by atoms with E-state index in [1.54, 1.807) is 11.8 Å². The van der Waals surface area contributed by atoms with E-state index in [0.29, 0.717) is 11.8 Å². The van der Waals surface area contributed by atoms with Gasteiger partial charge in [0.1, 0.15) is 0 Å². The molecule has 0 amide bonds. The van der Waals surface area contributed by atoms with E-state index in [1.165, 1.54) is 12.6 Å². The summed E-state index contributed by atoms with van der Waals surface area (Å²) in [7, 11) is -2.50. The first-order valence-electron chi connectivity index (χ1n) is 5.67. The van der Waals surface area contributed by atoms with Crippen LogP contribution in [0.1, 0.15) is 23.3 Å². The number of rotatable bonds is 5. The average molecular weight is 322 g/mol. The zero-order chi connectivity index (χ0) is 13.9. The lowest BCUT2D eigenvalue weighted by molar-refractivity contribution is 0.0590. The number of carbonyl (C=O) groups excluding carboxylic acids is 1. The van der Waals surface area contributed by atoms with Gasteiger partial charge in [0.25, 0.3) is 10.0 Å². The van der Waals surface area contributed by atoms with Gasteiger partial charge in [0.05, 0.1) is 12.6 Å². The van der Waals surface area contributed by atoms with Gasteiger partial charge in [0.15, 0.2) is 9.90 Å². The van der Waals surface area contributed by atoms with Gasteiger partial charge in [-0.2, -0.15) is 11.8 Å². The molecule has 6 nitrogen and oxygen atoms in total. The van der Waals surface area contributed by atoms with Gasteiger partial charge >= 0.3 is 5.97 Å². The number of aromatic nitrogens is 1. The van der Waals surface area contributed by atoms with E-state index in [2.05, 4.69) is 14.4 Å². The molecule has 1 fully saturated rings. The molecule has 0 aromatic carbocycles. The molecule has 2 rings (SSSR count). The summed E-state index contributed by atoms with van der Waals surface area (Å²) >= 11 is 2.68. The number of sulfonamides is 1. The summed E-state index contributed by atoms with van der Waals surface area (Å²) in [6.07, 6.45) is 2.13. The minimum atomic E-state index is -3.70. The van der Waals surface area contributed by atoms with Gasteiger partial charge in [0.2, 0.25) is 0 Å². The van der Waals surface area contributed by atoms with Crippen molar-refractivity contribution in [2.24, 2.45) is 0 Å². The first kappa shape index (κ1) is 14.8. The molecule has 0 spiro atoms. The Balaban J connectivity index is 2.10. The van der Waals surface area contributed by atoms with Crippen molar-refractivity contribution in [2.75, 3.05) is 19.4 Å². The SMILES string of the molecule is COC(=O)c1ncsc1S(=O)(=O)NCC1CCCS1. The number of carbonyl (C=O) groups is 1. The second kappa shape index (κ2) is 6.21.